The SMILES string of the molecule is O=C(/C=C/c1cccnc1)N1CCCN(c2ccc(C(F)(F)F)cn2)CC1. The van der Waals surface area contributed by atoms with Gasteiger partial charge in [-0.25, -0.2) is 4.98 Å². The highest BCUT2D eigenvalue weighted by Gasteiger charge is 2.31. The van der Waals surface area contributed by atoms with E-state index < -0.39 is 11.7 Å². The van der Waals surface area contributed by atoms with E-state index in [2.05, 4.69) is 9.97 Å². The van der Waals surface area contributed by atoms with E-state index in [1.54, 1.807) is 29.4 Å². The van der Waals surface area contributed by atoms with E-state index in [9.17, 15) is 18.0 Å². The molecule has 0 aliphatic carbocycles. The lowest BCUT2D eigenvalue weighted by molar-refractivity contribution is -0.137. The molecule has 0 N–H and O–H groups in total. The van der Waals surface area contributed by atoms with Crippen molar-refractivity contribution in [3.63, 3.8) is 0 Å². The Balaban J connectivity index is 1.60. The van der Waals surface area contributed by atoms with Crippen molar-refractivity contribution < 1.29 is 18.0 Å². The normalized spacial score (nSPS) is 15.8. The van der Waals surface area contributed by atoms with Crippen LogP contribution in [0.5, 0.6) is 0 Å². The van der Waals surface area contributed by atoms with E-state index in [0.29, 0.717) is 32.0 Å². The molecule has 0 unspecified atom stereocenters. The summed E-state index contributed by atoms with van der Waals surface area (Å²) in [4.78, 5) is 23.9. The van der Waals surface area contributed by atoms with Gasteiger partial charge in [-0.1, -0.05) is 6.07 Å². The van der Waals surface area contributed by atoms with Crippen LogP contribution in [0.1, 0.15) is 17.5 Å². The minimum Gasteiger partial charge on any atom is -0.355 e. The molecule has 1 aliphatic rings. The standard InChI is InChI=1S/C19H19F3N4O/c20-19(21,22)16-5-6-17(24-14-16)25-9-2-10-26(12-11-25)18(27)7-4-15-3-1-8-23-13-15/h1,3-8,13-14H,2,9-12H2/b7-4+. The van der Waals surface area contributed by atoms with Crippen LogP contribution in [-0.4, -0.2) is 47.0 Å². The molecule has 1 fully saturated rings. The molecule has 27 heavy (non-hydrogen) atoms. The molecular formula is C19H19F3N4O. The van der Waals surface area contributed by atoms with E-state index >= 15 is 0 Å². The Morgan fingerprint density at radius 3 is 2.59 bits per heavy atom. The molecule has 1 amide bonds. The zero-order chi connectivity index (χ0) is 19.3. The van der Waals surface area contributed by atoms with Gasteiger partial charge in [0.25, 0.3) is 0 Å². The van der Waals surface area contributed by atoms with Crippen LogP contribution in [0, 0.1) is 0 Å². The van der Waals surface area contributed by atoms with Gasteiger partial charge in [0.1, 0.15) is 5.82 Å². The zero-order valence-corrected chi connectivity index (χ0v) is 14.6. The minimum atomic E-state index is -4.39. The predicted octanol–water partition coefficient (Wildman–Crippen LogP) is 3.25. The number of carbonyl (C=O) groups is 1. The van der Waals surface area contributed by atoms with Crippen molar-refractivity contribution in [1.29, 1.82) is 0 Å². The third-order valence-electron chi connectivity index (χ3n) is 4.31. The molecule has 0 saturated carbocycles. The van der Waals surface area contributed by atoms with Crippen molar-refractivity contribution in [2.45, 2.75) is 12.6 Å². The van der Waals surface area contributed by atoms with Crippen LogP contribution in [-0.2, 0) is 11.0 Å². The topological polar surface area (TPSA) is 49.3 Å². The van der Waals surface area contributed by atoms with Crippen LogP contribution in [0.3, 0.4) is 0 Å². The summed E-state index contributed by atoms with van der Waals surface area (Å²) in [5.74, 6) is 0.393. The van der Waals surface area contributed by atoms with Crippen molar-refractivity contribution >= 4 is 17.8 Å². The van der Waals surface area contributed by atoms with Gasteiger partial charge in [-0.2, -0.15) is 13.2 Å². The van der Waals surface area contributed by atoms with Gasteiger partial charge in [-0.3, -0.25) is 9.78 Å². The molecule has 0 radical (unpaired) electrons. The molecule has 2 aromatic heterocycles. The molecule has 5 nitrogen and oxygen atoms in total. The van der Waals surface area contributed by atoms with Crippen LogP contribution in [0.4, 0.5) is 19.0 Å². The molecule has 0 atom stereocenters. The second-order valence-corrected chi connectivity index (χ2v) is 6.19. The number of hydrogen-bond donors (Lipinski definition) is 0. The monoisotopic (exact) mass is 376 g/mol. The second-order valence-electron chi connectivity index (χ2n) is 6.19. The lowest BCUT2D eigenvalue weighted by Gasteiger charge is -2.22. The Bertz CT molecular complexity index is 791. The summed E-state index contributed by atoms with van der Waals surface area (Å²) < 4.78 is 38.0. The first-order chi connectivity index (χ1) is 12.9. The number of halogens is 3. The molecule has 3 rings (SSSR count). The number of aromatic nitrogens is 2. The summed E-state index contributed by atoms with van der Waals surface area (Å²) in [7, 11) is 0. The fourth-order valence-electron chi connectivity index (χ4n) is 2.86. The molecule has 8 heteroatoms. The number of carbonyl (C=O) groups excluding carboxylic acids is 1. The molecule has 142 valence electrons. The number of hydrogen-bond acceptors (Lipinski definition) is 4. The van der Waals surface area contributed by atoms with Crippen LogP contribution < -0.4 is 4.90 Å². The molecule has 2 aromatic rings. The maximum atomic E-state index is 12.7. The van der Waals surface area contributed by atoms with Gasteiger partial charge in [0.05, 0.1) is 5.56 Å². The third kappa shape index (κ3) is 5.06. The lowest BCUT2D eigenvalue weighted by Crippen LogP contribution is -2.34. The Morgan fingerprint density at radius 1 is 1.07 bits per heavy atom. The van der Waals surface area contributed by atoms with E-state index in [1.807, 2.05) is 11.0 Å². The van der Waals surface area contributed by atoms with E-state index in [1.165, 1.54) is 12.1 Å². The summed E-state index contributed by atoms with van der Waals surface area (Å²) in [6.07, 6.45) is 3.74. The first-order valence-electron chi connectivity index (χ1n) is 8.59. The number of amides is 1. The number of alkyl halides is 3. The maximum absolute atomic E-state index is 12.7. The molecular weight excluding hydrogens is 357 g/mol. The largest absolute Gasteiger partial charge is 0.417 e. The first kappa shape index (κ1) is 18.9. The van der Waals surface area contributed by atoms with Gasteiger partial charge < -0.3 is 9.80 Å². The Labute approximate surface area is 155 Å². The average Bonchev–Trinajstić information content (AvgIpc) is 2.93. The summed E-state index contributed by atoms with van der Waals surface area (Å²) in [5.41, 5.74) is 0.0784. The quantitative estimate of drug-likeness (QED) is 0.772. The predicted molar refractivity (Wildman–Crippen MR) is 95.9 cm³/mol. The van der Waals surface area contributed by atoms with Crippen molar-refractivity contribution in [3.05, 3.63) is 60.1 Å². The molecule has 0 bridgehead atoms. The second kappa shape index (κ2) is 8.20. The maximum Gasteiger partial charge on any atom is 0.417 e. The smallest absolute Gasteiger partial charge is 0.355 e. The fraction of sp³-hybridized carbons (Fsp3) is 0.316. The van der Waals surface area contributed by atoms with Gasteiger partial charge in [-0.15, -0.1) is 0 Å². The summed E-state index contributed by atoms with van der Waals surface area (Å²) in [6.45, 7) is 2.23. The summed E-state index contributed by atoms with van der Waals surface area (Å²) in [5, 5.41) is 0. The summed E-state index contributed by atoms with van der Waals surface area (Å²) >= 11 is 0. The van der Waals surface area contributed by atoms with E-state index in [-0.39, 0.29) is 5.91 Å². The minimum absolute atomic E-state index is 0.0962. The van der Waals surface area contributed by atoms with E-state index in [0.717, 1.165) is 24.2 Å². The third-order valence-corrected chi connectivity index (χ3v) is 4.31. The van der Waals surface area contributed by atoms with Gasteiger partial charge in [0, 0.05) is 50.8 Å². The number of pyridine rings is 2. The van der Waals surface area contributed by atoms with Gasteiger partial charge in [0.15, 0.2) is 0 Å². The van der Waals surface area contributed by atoms with Crippen LogP contribution in [0.2, 0.25) is 0 Å². The first-order valence-corrected chi connectivity index (χ1v) is 8.59. The van der Waals surface area contributed by atoms with Gasteiger partial charge in [0.2, 0.25) is 5.91 Å². The van der Waals surface area contributed by atoms with Crippen molar-refractivity contribution in [3.8, 4) is 0 Å². The Kier molecular flexibility index (Phi) is 5.73. The van der Waals surface area contributed by atoms with Crippen molar-refractivity contribution in [2.75, 3.05) is 31.1 Å². The number of anilines is 1. The van der Waals surface area contributed by atoms with Gasteiger partial charge >= 0.3 is 6.18 Å². The highest BCUT2D eigenvalue weighted by atomic mass is 19.4. The lowest BCUT2D eigenvalue weighted by atomic mass is 10.2. The molecule has 1 saturated heterocycles. The van der Waals surface area contributed by atoms with Gasteiger partial charge in [-0.05, 0) is 36.3 Å². The average molecular weight is 376 g/mol. The highest BCUT2D eigenvalue weighted by molar-refractivity contribution is 5.91. The highest BCUT2D eigenvalue weighted by Crippen LogP contribution is 2.29. The number of nitrogens with zero attached hydrogens (tertiary/aromatic N) is 4. The molecule has 1 aliphatic heterocycles. The summed E-state index contributed by atoms with van der Waals surface area (Å²) in [6, 6.07) is 6.07. The van der Waals surface area contributed by atoms with Crippen LogP contribution in [0.25, 0.3) is 6.08 Å². The van der Waals surface area contributed by atoms with Crippen molar-refractivity contribution in [1.82, 2.24) is 14.9 Å². The fourth-order valence-corrected chi connectivity index (χ4v) is 2.86. The van der Waals surface area contributed by atoms with E-state index in [4.69, 9.17) is 0 Å². The van der Waals surface area contributed by atoms with Crippen LogP contribution in [0.15, 0.2) is 48.9 Å². The Morgan fingerprint density at radius 2 is 1.93 bits per heavy atom. The molecule has 0 spiro atoms. The Hall–Kier alpha value is -2.90. The molecule has 3 heterocycles. The molecule has 0 aromatic carbocycles. The number of rotatable bonds is 3. The van der Waals surface area contributed by atoms with Crippen LogP contribution >= 0.6 is 0 Å². The van der Waals surface area contributed by atoms with Crippen molar-refractivity contribution in [2.24, 2.45) is 0 Å². The zero-order valence-electron chi connectivity index (χ0n) is 14.6.